The van der Waals surface area contributed by atoms with Gasteiger partial charge >= 0.3 is 0 Å². The predicted octanol–water partition coefficient (Wildman–Crippen LogP) is -1.05. The monoisotopic (exact) mass is 508 g/mol. The summed E-state index contributed by atoms with van der Waals surface area (Å²) in [6.45, 7) is 1.48. The number of quaternary nitrogens is 3. The number of aromatic nitrogens is 1. The molecule has 3 amide bonds. The number of carbonyl (C=O) groups excluding carboxylic acids is 3. The summed E-state index contributed by atoms with van der Waals surface area (Å²) in [6, 6.07) is 17.8. The minimum Gasteiger partial charge on any atom is -0.356 e. The molecule has 0 aliphatic carbocycles. The number of hydrogen-bond acceptors (Lipinski definition) is 4. The Morgan fingerprint density at radius 3 is 2.41 bits per heavy atom. The maximum Gasteiger partial charge on any atom is 0.278 e. The molecule has 0 saturated heterocycles. The summed E-state index contributed by atoms with van der Waals surface area (Å²) in [5.74, 6) is -0.776. The van der Waals surface area contributed by atoms with E-state index in [1.165, 1.54) is 0 Å². The Balaban J connectivity index is 1.65. The van der Waals surface area contributed by atoms with Crippen molar-refractivity contribution in [2.75, 3.05) is 25.1 Å². The van der Waals surface area contributed by atoms with Crippen molar-refractivity contribution in [1.82, 2.24) is 15.2 Å². The van der Waals surface area contributed by atoms with Crippen molar-refractivity contribution < 1.29 is 31.6 Å². The number of benzene rings is 2. The van der Waals surface area contributed by atoms with Gasteiger partial charge in [-0.3, -0.25) is 24.3 Å². The van der Waals surface area contributed by atoms with Crippen molar-refractivity contribution in [2.45, 2.75) is 37.8 Å². The van der Waals surface area contributed by atoms with Gasteiger partial charge < -0.3 is 27.8 Å². The maximum absolute atomic E-state index is 13.2. The lowest BCUT2D eigenvalue weighted by Crippen LogP contribution is -2.69. The number of nitrogens with zero attached hydrogens (tertiary/aromatic N) is 2. The van der Waals surface area contributed by atoms with Crippen LogP contribution in [0.1, 0.15) is 24.8 Å². The normalized spacial score (nSPS) is 12.5. The molecule has 11 N–H and O–H groups in total. The fraction of sp³-hybridized carbons (Fsp3) is 0.333. The second kappa shape index (κ2) is 14.0. The zero-order chi connectivity index (χ0) is 26.6. The van der Waals surface area contributed by atoms with Crippen LogP contribution in [0.5, 0.6) is 0 Å². The number of para-hydroxylation sites is 1. The molecule has 10 nitrogen and oxygen atoms in total. The van der Waals surface area contributed by atoms with E-state index in [0.29, 0.717) is 38.3 Å². The standard InChI is InChI=1S/C27H35N7O3/c28-14-15-34(18-29)25(35)13-11-22(30)26(36)33-24(12-10-19-6-2-1-3-7-19)27(37)32-21-16-20-8-4-5-9-23(20)31-17-21/h1-9,16-17,22,24H,10-15,18,28-30H2,(H,32,37)(H,33,36)/p+3. The number of nitrogens with one attached hydrogen (secondary N) is 2. The number of aryl methyl sites for hydroxylation is 1. The number of rotatable bonds is 13. The first kappa shape index (κ1) is 27.7. The molecule has 0 fully saturated rings. The summed E-state index contributed by atoms with van der Waals surface area (Å²) >= 11 is 0. The van der Waals surface area contributed by atoms with Crippen LogP contribution in [0.25, 0.3) is 10.9 Å². The second-order valence-electron chi connectivity index (χ2n) is 8.96. The Morgan fingerprint density at radius 2 is 1.68 bits per heavy atom. The van der Waals surface area contributed by atoms with E-state index < -0.39 is 12.1 Å². The third-order valence-corrected chi connectivity index (χ3v) is 6.18. The van der Waals surface area contributed by atoms with Crippen LogP contribution < -0.4 is 27.8 Å². The van der Waals surface area contributed by atoms with Gasteiger partial charge in [-0.2, -0.15) is 0 Å². The molecule has 1 aromatic heterocycles. The topological polar surface area (TPSA) is 174 Å². The molecule has 37 heavy (non-hydrogen) atoms. The minimum atomic E-state index is -0.776. The molecule has 0 spiro atoms. The smallest absolute Gasteiger partial charge is 0.278 e. The van der Waals surface area contributed by atoms with Crippen LogP contribution in [0, 0.1) is 0 Å². The molecule has 2 atom stereocenters. The lowest BCUT2D eigenvalue weighted by atomic mass is 10.0. The molecule has 0 aliphatic heterocycles. The molecule has 2 aromatic carbocycles. The molecule has 0 radical (unpaired) electrons. The largest absolute Gasteiger partial charge is 0.356 e. The van der Waals surface area contributed by atoms with Crippen molar-refractivity contribution in [1.29, 1.82) is 0 Å². The molecule has 1 heterocycles. The zero-order valence-corrected chi connectivity index (χ0v) is 21.2. The molecule has 3 rings (SSSR count). The number of amides is 3. The first-order chi connectivity index (χ1) is 17.9. The number of hydrogen-bond donors (Lipinski definition) is 5. The molecule has 10 heteroatoms. The van der Waals surface area contributed by atoms with E-state index in [1.807, 2.05) is 60.7 Å². The van der Waals surface area contributed by atoms with E-state index in [-0.39, 0.29) is 30.6 Å². The summed E-state index contributed by atoms with van der Waals surface area (Å²) < 4.78 is 0. The fourth-order valence-electron chi connectivity index (χ4n) is 4.02. The van der Waals surface area contributed by atoms with Gasteiger partial charge in [0.15, 0.2) is 12.7 Å². The lowest BCUT2D eigenvalue weighted by molar-refractivity contribution is -0.410. The first-order valence-electron chi connectivity index (χ1n) is 12.6. The van der Waals surface area contributed by atoms with Gasteiger partial charge in [-0.1, -0.05) is 48.5 Å². The summed E-state index contributed by atoms with van der Waals surface area (Å²) in [7, 11) is 0. The van der Waals surface area contributed by atoms with Gasteiger partial charge in [0.25, 0.3) is 5.91 Å². The van der Waals surface area contributed by atoms with E-state index in [1.54, 1.807) is 11.1 Å². The van der Waals surface area contributed by atoms with Gasteiger partial charge in [0, 0.05) is 18.2 Å². The number of carbonyl (C=O) groups is 3. The third-order valence-electron chi connectivity index (χ3n) is 6.18. The summed E-state index contributed by atoms with van der Waals surface area (Å²) in [4.78, 5) is 44.6. The van der Waals surface area contributed by atoms with E-state index >= 15 is 0 Å². The van der Waals surface area contributed by atoms with Gasteiger partial charge in [0.05, 0.1) is 30.5 Å². The average Bonchev–Trinajstić information content (AvgIpc) is 2.92. The first-order valence-corrected chi connectivity index (χ1v) is 12.6. The van der Waals surface area contributed by atoms with E-state index in [0.717, 1.165) is 16.5 Å². The predicted molar refractivity (Wildman–Crippen MR) is 140 cm³/mol. The maximum atomic E-state index is 13.2. The molecule has 196 valence electrons. The Labute approximate surface area is 216 Å². The van der Waals surface area contributed by atoms with Crippen molar-refractivity contribution in [3.8, 4) is 0 Å². The molecule has 3 aromatic rings. The highest BCUT2D eigenvalue weighted by molar-refractivity contribution is 5.98. The molecule has 2 unspecified atom stereocenters. The number of anilines is 1. The summed E-state index contributed by atoms with van der Waals surface area (Å²) in [5, 5.41) is 6.65. The second-order valence-corrected chi connectivity index (χ2v) is 8.96. The Bertz CT molecular complexity index is 1190. The SMILES string of the molecule is [NH3+]CCN(C[NH3+])C(=O)CCC([NH3+])C(=O)NC(CCc1ccccc1)C(=O)Nc1cnc2ccccc2c1. The van der Waals surface area contributed by atoms with Crippen molar-refractivity contribution in [2.24, 2.45) is 0 Å². The Morgan fingerprint density at radius 1 is 0.946 bits per heavy atom. The minimum absolute atomic E-state index is 0.0812. The summed E-state index contributed by atoms with van der Waals surface area (Å²) in [5.41, 5.74) is 13.9. The highest BCUT2D eigenvalue weighted by Gasteiger charge is 2.27. The van der Waals surface area contributed by atoms with Gasteiger partial charge in [-0.25, -0.2) is 0 Å². The average molecular weight is 509 g/mol. The van der Waals surface area contributed by atoms with E-state index in [9.17, 15) is 14.4 Å². The number of fused-ring (bicyclic) bond motifs is 1. The van der Waals surface area contributed by atoms with E-state index in [2.05, 4.69) is 32.8 Å². The van der Waals surface area contributed by atoms with Crippen molar-refractivity contribution in [3.05, 3.63) is 72.4 Å². The molecule has 0 aliphatic rings. The third kappa shape index (κ3) is 8.35. The highest BCUT2D eigenvalue weighted by Crippen LogP contribution is 2.17. The van der Waals surface area contributed by atoms with Gasteiger partial charge in [-0.15, -0.1) is 0 Å². The number of pyridine rings is 1. The van der Waals surface area contributed by atoms with Crippen LogP contribution in [0.2, 0.25) is 0 Å². The van der Waals surface area contributed by atoms with Crippen LogP contribution in [-0.4, -0.2) is 59.4 Å². The lowest BCUT2D eigenvalue weighted by Gasteiger charge is -2.20. The Hall–Kier alpha value is -3.86. The van der Waals surface area contributed by atoms with Crippen LogP contribution in [0.3, 0.4) is 0 Å². The molecule has 0 saturated carbocycles. The van der Waals surface area contributed by atoms with Crippen LogP contribution >= 0.6 is 0 Å². The quantitative estimate of drug-likeness (QED) is 0.185. The van der Waals surface area contributed by atoms with E-state index in [4.69, 9.17) is 0 Å². The highest BCUT2D eigenvalue weighted by atomic mass is 16.2. The molecular formula is C27H38N7O3+3. The zero-order valence-electron chi connectivity index (χ0n) is 21.2. The molecular weight excluding hydrogens is 470 g/mol. The van der Waals surface area contributed by atoms with Gasteiger partial charge in [0.2, 0.25) is 11.8 Å². The fourth-order valence-corrected chi connectivity index (χ4v) is 4.02. The van der Waals surface area contributed by atoms with Crippen molar-refractivity contribution in [3.63, 3.8) is 0 Å². The van der Waals surface area contributed by atoms with Gasteiger partial charge in [-0.05, 0) is 30.5 Å². The van der Waals surface area contributed by atoms with Crippen LogP contribution in [-0.2, 0) is 20.8 Å². The Kier molecular flexibility index (Phi) is 10.5. The molecule has 0 bridgehead atoms. The summed E-state index contributed by atoms with van der Waals surface area (Å²) in [6.07, 6.45) is 3.08. The van der Waals surface area contributed by atoms with Crippen LogP contribution in [0.4, 0.5) is 5.69 Å². The van der Waals surface area contributed by atoms with Gasteiger partial charge in [0.1, 0.15) is 6.04 Å². The van der Waals surface area contributed by atoms with Crippen LogP contribution in [0.15, 0.2) is 66.9 Å². The van der Waals surface area contributed by atoms with Crippen molar-refractivity contribution >= 4 is 34.3 Å².